The van der Waals surface area contributed by atoms with E-state index in [9.17, 15) is 33.9 Å². The fourth-order valence-corrected chi connectivity index (χ4v) is 6.47. The van der Waals surface area contributed by atoms with E-state index in [-0.39, 0.29) is 74.8 Å². The Morgan fingerprint density at radius 2 is 1.38 bits per heavy atom. The molecule has 1 fully saturated rings. The Balaban J connectivity index is 2.36. The number of rotatable bonds is 24. The second-order valence-electron chi connectivity index (χ2n) is 15.2. The third-order valence-corrected chi connectivity index (χ3v) is 9.87. The van der Waals surface area contributed by atoms with E-state index in [1.165, 1.54) is 17.0 Å². The maximum atomic E-state index is 14.1. The zero-order valence-corrected chi connectivity index (χ0v) is 34.1. The minimum absolute atomic E-state index is 0.000325. The fourth-order valence-electron chi connectivity index (χ4n) is 6.47. The van der Waals surface area contributed by atoms with Gasteiger partial charge in [0, 0.05) is 26.1 Å². The highest BCUT2D eigenvalue weighted by atomic mass is 16.3. The molecule has 7 atom stereocenters. The van der Waals surface area contributed by atoms with Crippen LogP contribution < -0.4 is 55.7 Å². The molecule has 0 unspecified atom stereocenters. The van der Waals surface area contributed by atoms with Crippen LogP contribution >= 0.6 is 0 Å². The van der Waals surface area contributed by atoms with E-state index < -0.39 is 71.7 Å². The summed E-state index contributed by atoms with van der Waals surface area (Å²) in [5.41, 5.74) is 34.0. The minimum atomic E-state index is -1.23. The molecule has 6 amide bonds. The molecule has 1 saturated heterocycles. The number of phenols is 1. The Morgan fingerprint density at radius 1 is 0.793 bits per heavy atom. The number of hydrogen-bond donors (Lipinski definition) is 11. The number of carbonyl (C=O) groups is 6. The highest BCUT2D eigenvalue weighted by Crippen LogP contribution is 2.21. The number of aromatic hydroxyl groups is 1. The molecule has 0 spiro atoms. The minimum Gasteiger partial charge on any atom is -0.508 e. The number of hydrogen-bond acceptors (Lipinski definition) is 10. The Labute approximate surface area is 340 Å². The van der Waals surface area contributed by atoms with Gasteiger partial charge in [0.05, 0.1) is 6.04 Å². The number of primary amides is 1. The third kappa shape index (κ3) is 16.4. The maximum Gasteiger partial charge on any atom is 0.245 e. The van der Waals surface area contributed by atoms with Gasteiger partial charge in [0.1, 0.15) is 36.0 Å². The monoisotopic (exact) mass is 816 g/mol. The van der Waals surface area contributed by atoms with E-state index in [1.54, 1.807) is 19.1 Å². The van der Waals surface area contributed by atoms with Crippen LogP contribution in [0.15, 0.2) is 34.3 Å². The average Bonchev–Trinajstić information content (AvgIpc) is 3.66. The largest absolute Gasteiger partial charge is 0.508 e. The first-order chi connectivity index (χ1) is 27.3. The van der Waals surface area contributed by atoms with Gasteiger partial charge in [0.25, 0.3) is 0 Å². The topological polar surface area (TPSA) is 355 Å². The van der Waals surface area contributed by atoms with Gasteiger partial charge in [-0.15, -0.1) is 0 Å². The summed E-state index contributed by atoms with van der Waals surface area (Å²) in [7, 11) is 0. The smallest absolute Gasteiger partial charge is 0.245 e. The van der Waals surface area contributed by atoms with Crippen molar-refractivity contribution in [3.8, 4) is 5.75 Å². The number of benzene rings is 1. The van der Waals surface area contributed by atoms with Crippen molar-refractivity contribution in [3.63, 3.8) is 0 Å². The van der Waals surface area contributed by atoms with Crippen molar-refractivity contribution < 1.29 is 33.9 Å². The van der Waals surface area contributed by atoms with Gasteiger partial charge in [-0.3, -0.25) is 38.8 Å². The molecule has 0 radical (unpaired) electrons. The van der Waals surface area contributed by atoms with Gasteiger partial charge in [-0.25, -0.2) is 0 Å². The molecule has 324 valence electrons. The summed E-state index contributed by atoms with van der Waals surface area (Å²) in [5.74, 6) is -4.28. The molecule has 20 heteroatoms. The number of aliphatic imine (C=N–C) groups is 2. The lowest BCUT2D eigenvalue weighted by Gasteiger charge is -2.31. The van der Waals surface area contributed by atoms with E-state index in [0.29, 0.717) is 37.7 Å². The molecule has 20 nitrogen and oxygen atoms in total. The van der Waals surface area contributed by atoms with Crippen LogP contribution in [0.3, 0.4) is 0 Å². The van der Waals surface area contributed by atoms with Crippen molar-refractivity contribution >= 4 is 47.4 Å². The van der Waals surface area contributed by atoms with Gasteiger partial charge in [0.15, 0.2) is 11.9 Å². The normalized spacial score (nSPS) is 16.8. The number of guanidine groups is 2. The molecule has 17 N–H and O–H groups in total. The van der Waals surface area contributed by atoms with E-state index in [0.717, 1.165) is 0 Å². The van der Waals surface area contributed by atoms with Crippen molar-refractivity contribution in [1.29, 1.82) is 0 Å². The van der Waals surface area contributed by atoms with Crippen molar-refractivity contribution in [1.82, 2.24) is 26.2 Å². The van der Waals surface area contributed by atoms with E-state index in [2.05, 4.69) is 31.3 Å². The highest BCUT2D eigenvalue weighted by molar-refractivity contribution is 5.97. The van der Waals surface area contributed by atoms with Crippen LogP contribution in [0, 0.1) is 11.8 Å². The Morgan fingerprint density at radius 3 is 1.93 bits per heavy atom. The number of carbonyl (C=O) groups excluding carboxylic acids is 6. The first-order valence-corrected chi connectivity index (χ1v) is 19.8. The average molecular weight is 816 g/mol. The van der Waals surface area contributed by atoms with Crippen LogP contribution in [0.1, 0.15) is 84.6 Å². The molecule has 0 aromatic heterocycles. The molecule has 1 aromatic rings. The number of likely N-dealkylation sites (tertiary alicyclic amines) is 1. The standard InChI is InChI=1S/C38H65N13O7/c1-5-22(4)30(35(57)48-27(31(40)53)19-21(2)3)50-33(55)28(20-23-12-14-24(52)15-13-23)49-34(56)29-11-8-18-51(29)36(58)26(10-7-17-46-38(43)44)47-32(54)25(39)9-6-16-45-37(41)42/h12-15,21-22,25-30,52H,5-11,16-20,39H2,1-4H3,(H2,40,53)(H,47,54)(H,48,57)(H,49,56)(H,50,55)(H4,41,42,45)(H4,43,44,46)/t22-,25-,26-,27-,28-,29-,30-/m0/s1. The highest BCUT2D eigenvalue weighted by Gasteiger charge is 2.40. The summed E-state index contributed by atoms with van der Waals surface area (Å²) in [6.45, 7) is 8.03. The lowest BCUT2D eigenvalue weighted by Crippen LogP contribution is -2.60. The quantitative estimate of drug-likeness (QED) is 0.0303. The van der Waals surface area contributed by atoms with E-state index in [1.807, 2.05) is 20.8 Å². The number of nitrogens with one attached hydrogen (secondary N) is 4. The van der Waals surface area contributed by atoms with Gasteiger partial charge in [-0.1, -0.05) is 46.2 Å². The van der Waals surface area contributed by atoms with Crippen LogP contribution in [-0.4, -0.2) is 113 Å². The van der Waals surface area contributed by atoms with Crippen LogP contribution in [-0.2, 0) is 35.2 Å². The summed E-state index contributed by atoms with van der Waals surface area (Å²) >= 11 is 0. The second kappa shape index (κ2) is 24.2. The molecule has 0 saturated carbocycles. The number of nitrogens with zero attached hydrogens (tertiary/aromatic N) is 3. The second-order valence-corrected chi connectivity index (χ2v) is 15.2. The van der Waals surface area contributed by atoms with Crippen LogP contribution in [0.25, 0.3) is 0 Å². The van der Waals surface area contributed by atoms with E-state index in [4.69, 9.17) is 34.4 Å². The maximum absolute atomic E-state index is 14.1. The van der Waals surface area contributed by atoms with Crippen LogP contribution in [0.4, 0.5) is 0 Å². The first kappa shape index (κ1) is 48.5. The number of amides is 6. The summed E-state index contributed by atoms with van der Waals surface area (Å²) in [6.07, 6.45) is 2.59. The van der Waals surface area contributed by atoms with Gasteiger partial charge in [-0.2, -0.15) is 0 Å². The molecule has 1 aromatic carbocycles. The molecule has 1 aliphatic rings. The summed E-state index contributed by atoms with van der Waals surface area (Å²) < 4.78 is 0. The molecular weight excluding hydrogens is 751 g/mol. The Hall–Kier alpha value is -5.66. The van der Waals surface area contributed by atoms with Crippen molar-refractivity contribution in [2.75, 3.05) is 19.6 Å². The SMILES string of the molecule is CC[C@H](C)[C@H](NC(=O)[C@H](Cc1ccc(O)cc1)NC(=O)[C@@H]1CCCN1C(=O)[C@H](CCCN=C(N)N)NC(=O)[C@@H](N)CCCN=C(N)N)C(=O)N[C@@H](CC(C)C)C(N)=O. The van der Waals surface area contributed by atoms with Crippen molar-refractivity contribution in [2.45, 2.75) is 122 Å². The zero-order valence-electron chi connectivity index (χ0n) is 34.1. The summed E-state index contributed by atoms with van der Waals surface area (Å²) in [4.78, 5) is 90.5. The molecule has 0 bridgehead atoms. The molecule has 0 aliphatic carbocycles. The summed E-state index contributed by atoms with van der Waals surface area (Å²) in [6, 6.07) is -0.269. The van der Waals surface area contributed by atoms with Crippen LogP contribution in [0.5, 0.6) is 5.75 Å². The lowest BCUT2D eigenvalue weighted by molar-refractivity contribution is -0.142. The summed E-state index contributed by atoms with van der Waals surface area (Å²) in [5, 5.41) is 20.9. The number of nitrogens with two attached hydrogens (primary N) is 6. The first-order valence-electron chi connectivity index (χ1n) is 19.8. The molecule has 2 rings (SSSR count). The predicted molar refractivity (Wildman–Crippen MR) is 220 cm³/mol. The Bertz CT molecular complexity index is 1600. The van der Waals surface area contributed by atoms with Gasteiger partial charge in [0.2, 0.25) is 35.4 Å². The molecular formula is C38H65N13O7. The zero-order chi connectivity index (χ0) is 43.5. The Kier molecular flexibility index (Phi) is 20.2. The van der Waals surface area contributed by atoms with Crippen LogP contribution in [0.2, 0.25) is 0 Å². The molecule has 1 heterocycles. The third-order valence-electron chi connectivity index (χ3n) is 9.87. The lowest BCUT2D eigenvalue weighted by atomic mass is 9.96. The fraction of sp³-hybridized carbons (Fsp3) is 0.632. The predicted octanol–water partition coefficient (Wildman–Crippen LogP) is -2.12. The molecule has 1 aliphatic heterocycles. The van der Waals surface area contributed by atoms with E-state index >= 15 is 0 Å². The van der Waals surface area contributed by atoms with Crippen molar-refractivity contribution in [3.05, 3.63) is 29.8 Å². The van der Waals surface area contributed by atoms with Gasteiger partial charge in [-0.05, 0) is 74.5 Å². The van der Waals surface area contributed by atoms with Gasteiger partial charge < -0.3 is 65.7 Å². The van der Waals surface area contributed by atoms with Crippen molar-refractivity contribution in [2.24, 2.45) is 56.2 Å². The number of phenolic OH excluding ortho intramolecular Hbond substituents is 1. The molecule has 58 heavy (non-hydrogen) atoms. The van der Waals surface area contributed by atoms with Gasteiger partial charge >= 0.3 is 0 Å².